The summed E-state index contributed by atoms with van der Waals surface area (Å²) in [4.78, 5) is 6.85. The van der Waals surface area contributed by atoms with Crippen LogP contribution in [0.4, 0.5) is 11.4 Å². The van der Waals surface area contributed by atoms with Gasteiger partial charge in [-0.15, -0.1) is 0 Å². The van der Waals surface area contributed by atoms with Gasteiger partial charge >= 0.3 is 0 Å². The third-order valence-electron chi connectivity index (χ3n) is 4.49. The molecule has 0 atom stereocenters. The third kappa shape index (κ3) is 3.68. The zero-order valence-corrected chi connectivity index (χ0v) is 14.1. The third-order valence-corrected chi connectivity index (χ3v) is 4.49. The van der Waals surface area contributed by atoms with Crippen molar-refractivity contribution >= 4 is 11.4 Å². The van der Waals surface area contributed by atoms with Crippen molar-refractivity contribution in [2.45, 2.75) is 32.2 Å². The van der Waals surface area contributed by atoms with E-state index in [1.807, 2.05) is 12.1 Å². The fraction of sp³-hybridized carbons (Fsp3) is 0.368. The summed E-state index contributed by atoms with van der Waals surface area (Å²) in [6, 6.07) is 12.0. The normalized spacial score (nSPS) is 15.1. The maximum atomic E-state index is 5.32. The molecule has 0 aliphatic carbocycles. The number of benzene rings is 1. The molecule has 25 heavy (non-hydrogen) atoms. The number of aromatic nitrogens is 2. The zero-order valence-electron chi connectivity index (χ0n) is 14.1. The number of nitrogens with one attached hydrogen (secondary N) is 1. The largest absolute Gasteiger partial charge is 0.461 e. The SMILES string of the molecule is c1coc(-c2noc(CNc3ccccc3N3CCCCCC3)n2)c1. The molecular weight excluding hydrogens is 316 g/mol. The molecule has 3 heterocycles. The Morgan fingerprint density at radius 3 is 2.64 bits per heavy atom. The molecule has 0 bridgehead atoms. The number of nitrogens with zero attached hydrogens (tertiary/aromatic N) is 3. The monoisotopic (exact) mass is 338 g/mol. The molecule has 1 aliphatic heterocycles. The maximum absolute atomic E-state index is 5.32. The van der Waals surface area contributed by atoms with E-state index in [0.717, 1.165) is 18.8 Å². The summed E-state index contributed by atoms with van der Waals surface area (Å²) >= 11 is 0. The molecule has 0 saturated carbocycles. The van der Waals surface area contributed by atoms with Crippen molar-refractivity contribution in [2.75, 3.05) is 23.3 Å². The molecule has 1 fully saturated rings. The molecule has 6 heteroatoms. The Labute approximate surface area is 146 Å². The van der Waals surface area contributed by atoms with Gasteiger partial charge in [0.2, 0.25) is 11.7 Å². The second-order valence-corrected chi connectivity index (χ2v) is 6.26. The Balaban J connectivity index is 1.46. The minimum atomic E-state index is 0.475. The van der Waals surface area contributed by atoms with Crippen LogP contribution in [0.3, 0.4) is 0 Å². The first-order valence-corrected chi connectivity index (χ1v) is 8.84. The van der Waals surface area contributed by atoms with Gasteiger partial charge in [-0.25, -0.2) is 0 Å². The summed E-state index contributed by atoms with van der Waals surface area (Å²) in [5, 5.41) is 7.40. The first-order chi connectivity index (χ1) is 12.4. The fourth-order valence-corrected chi connectivity index (χ4v) is 3.21. The van der Waals surface area contributed by atoms with Crippen molar-refractivity contribution in [3.63, 3.8) is 0 Å². The Morgan fingerprint density at radius 2 is 1.84 bits per heavy atom. The summed E-state index contributed by atoms with van der Waals surface area (Å²) in [6.45, 7) is 2.71. The lowest BCUT2D eigenvalue weighted by atomic mass is 10.2. The van der Waals surface area contributed by atoms with Gasteiger partial charge in [0.15, 0.2) is 5.76 Å². The van der Waals surface area contributed by atoms with E-state index < -0.39 is 0 Å². The van der Waals surface area contributed by atoms with Crippen LogP contribution in [0.1, 0.15) is 31.6 Å². The van der Waals surface area contributed by atoms with Crippen LogP contribution in [0.25, 0.3) is 11.6 Å². The molecule has 0 amide bonds. The van der Waals surface area contributed by atoms with E-state index in [-0.39, 0.29) is 0 Å². The van der Waals surface area contributed by atoms with Crippen molar-refractivity contribution < 1.29 is 8.94 Å². The molecule has 2 aromatic heterocycles. The van der Waals surface area contributed by atoms with Crippen molar-refractivity contribution in [2.24, 2.45) is 0 Å². The zero-order chi connectivity index (χ0) is 16.9. The summed E-state index contributed by atoms with van der Waals surface area (Å²) in [7, 11) is 0. The molecule has 0 unspecified atom stereocenters. The number of hydrogen-bond acceptors (Lipinski definition) is 6. The highest BCUT2D eigenvalue weighted by atomic mass is 16.5. The van der Waals surface area contributed by atoms with Crippen molar-refractivity contribution in [1.29, 1.82) is 0 Å². The highest BCUT2D eigenvalue weighted by molar-refractivity contribution is 5.70. The minimum Gasteiger partial charge on any atom is -0.461 e. The number of rotatable bonds is 5. The molecule has 0 spiro atoms. The standard InChI is InChI=1S/C19H22N4O2/c1-2-6-12-23(11-5-1)16-9-4-3-8-15(16)20-14-18-21-19(22-25-18)17-10-7-13-24-17/h3-4,7-10,13,20H,1-2,5-6,11-12,14H2. The fourth-order valence-electron chi connectivity index (χ4n) is 3.21. The van der Waals surface area contributed by atoms with Crippen molar-refractivity contribution in [1.82, 2.24) is 10.1 Å². The van der Waals surface area contributed by atoms with Gasteiger partial charge in [-0.1, -0.05) is 30.1 Å². The molecule has 1 aromatic carbocycles. The highest BCUT2D eigenvalue weighted by Gasteiger charge is 2.15. The van der Waals surface area contributed by atoms with E-state index in [1.54, 1.807) is 12.3 Å². The number of furan rings is 1. The van der Waals surface area contributed by atoms with Gasteiger partial charge in [-0.3, -0.25) is 0 Å². The van der Waals surface area contributed by atoms with Crippen LogP contribution < -0.4 is 10.2 Å². The molecule has 3 aromatic rings. The van der Waals surface area contributed by atoms with E-state index >= 15 is 0 Å². The van der Waals surface area contributed by atoms with Crippen LogP contribution in [-0.4, -0.2) is 23.2 Å². The van der Waals surface area contributed by atoms with E-state index in [9.17, 15) is 0 Å². The van der Waals surface area contributed by atoms with Crippen LogP contribution in [-0.2, 0) is 6.54 Å². The van der Waals surface area contributed by atoms with Gasteiger partial charge in [-0.2, -0.15) is 4.98 Å². The minimum absolute atomic E-state index is 0.475. The topological polar surface area (TPSA) is 67.3 Å². The molecule has 1 saturated heterocycles. The predicted molar refractivity (Wildman–Crippen MR) is 96.4 cm³/mol. The van der Waals surface area contributed by atoms with Crippen molar-refractivity contribution in [3.05, 3.63) is 48.6 Å². The Morgan fingerprint density at radius 1 is 1.00 bits per heavy atom. The summed E-state index contributed by atoms with van der Waals surface area (Å²) < 4.78 is 10.6. The highest BCUT2D eigenvalue weighted by Crippen LogP contribution is 2.28. The number of anilines is 2. The smallest absolute Gasteiger partial charge is 0.246 e. The van der Waals surface area contributed by atoms with Crippen LogP contribution >= 0.6 is 0 Å². The molecule has 4 rings (SSSR count). The first-order valence-electron chi connectivity index (χ1n) is 8.84. The Bertz CT molecular complexity index is 789. The summed E-state index contributed by atoms with van der Waals surface area (Å²) in [5.74, 6) is 1.62. The van der Waals surface area contributed by atoms with E-state index in [4.69, 9.17) is 8.94 Å². The molecule has 130 valence electrons. The average molecular weight is 338 g/mol. The van der Waals surface area contributed by atoms with Gasteiger partial charge in [0.1, 0.15) is 0 Å². The maximum Gasteiger partial charge on any atom is 0.246 e. The van der Waals surface area contributed by atoms with Gasteiger partial charge in [0.25, 0.3) is 0 Å². The van der Waals surface area contributed by atoms with E-state index in [2.05, 4.69) is 38.6 Å². The van der Waals surface area contributed by atoms with E-state index in [0.29, 0.717) is 24.0 Å². The van der Waals surface area contributed by atoms with Crippen LogP contribution in [0, 0.1) is 0 Å². The molecule has 1 N–H and O–H groups in total. The van der Waals surface area contributed by atoms with Gasteiger partial charge in [-0.05, 0) is 37.1 Å². The number of para-hydroxylation sites is 2. The molecule has 0 radical (unpaired) electrons. The van der Waals surface area contributed by atoms with Crippen LogP contribution in [0.15, 0.2) is 51.6 Å². The lowest BCUT2D eigenvalue weighted by molar-refractivity contribution is 0.382. The molecular formula is C19H22N4O2. The Kier molecular flexibility index (Phi) is 4.68. The molecule has 6 nitrogen and oxygen atoms in total. The lowest BCUT2D eigenvalue weighted by Gasteiger charge is -2.25. The second-order valence-electron chi connectivity index (χ2n) is 6.26. The second kappa shape index (κ2) is 7.42. The Hall–Kier alpha value is -2.76. The van der Waals surface area contributed by atoms with E-state index in [1.165, 1.54) is 31.4 Å². The van der Waals surface area contributed by atoms with Crippen molar-refractivity contribution in [3.8, 4) is 11.6 Å². The molecule has 1 aliphatic rings. The van der Waals surface area contributed by atoms with Gasteiger partial charge in [0.05, 0.1) is 24.2 Å². The van der Waals surface area contributed by atoms with Gasteiger partial charge < -0.3 is 19.2 Å². The summed E-state index contributed by atoms with van der Waals surface area (Å²) in [6.07, 6.45) is 6.75. The quantitative estimate of drug-likeness (QED) is 0.747. The first kappa shape index (κ1) is 15.7. The predicted octanol–water partition coefficient (Wildman–Crippen LogP) is 4.32. The lowest BCUT2D eigenvalue weighted by Crippen LogP contribution is -2.24. The number of hydrogen-bond donors (Lipinski definition) is 1. The average Bonchev–Trinajstić information content (AvgIpc) is 3.27. The van der Waals surface area contributed by atoms with Crippen LogP contribution in [0.2, 0.25) is 0 Å². The van der Waals surface area contributed by atoms with Gasteiger partial charge in [0, 0.05) is 13.1 Å². The van der Waals surface area contributed by atoms with Crippen LogP contribution in [0.5, 0.6) is 0 Å². The summed E-state index contributed by atoms with van der Waals surface area (Å²) in [5.41, 5.74) is 2.34.